The molecule has 0 aliphatic rings. The average Bonchev–Trinajstić information content (AvgIpc) is 2.43. The Labute approximate surface area is 134 Å². The Balaban J connectivity index is 2.44. The normalized spacial score (nSPS) is 10.3. The van der Waals surface area contributed by atoms with Crippen molar-refractivity contribution in [2.45, 2.75) is 0 Å². The van der Waals surface area contributed by atoms with Gasteiger partial charge in [-0.3, -0.25) is 0 Å². The monoisotopic (exact) mass is 372 g/mol. The number of anilines is 3. The van der Waals surface area contributed by atoms with Gasteiger partial charge in [-0.25, -0.2) is 9.18 Å². The number of halogens is 3. The summed E-state index contributed by atoms with van der Waals surface area (Å²) in [4.78, 5) is 11.6. The maximum Gasteiger partial charge on any atom is 0.340 e. The number of nitrogens with two attached hydrogens (primary N) is 1. The smallest absolute Gasteiger partial charge is 0.340 e. The van der Waals surface area contributed by atoms with Crippen molar-refractivity contribution in [3.05, 3.63) is 51.2 Å². The van der Waals surface area contributed by atoms with Crippen LogP contribution in [0.4, 0.5) is 21.5 Å². The summed E-state index contributed by atoms with van der Waals surface area (Å²) in [6, 6.07) is 7.32. The molecule has 2 aromatic carbocycles. The van der Waals surface area contributed by atoms with Crippen molar-refractivity contribution in [3.8, 4) is 0 Å². The number of hydrogen-bond acceptors (Lipinski definition) is 4. The van der Waals surface area contributed by atoms with Crippen molar-refractivity contribution >= 4 is 50.6 Å². The van der Waals surface area contributed by atoms with E-state index in [1.165, 1.54) is 19.2 Å². The molecule has 0 aliphatic heterocycles. The number of hydrogen-bond donors (Lipinski definition) is 2. The van der Waals surface area contributed by atoms with E-state index in [-0.39, 0.29) is 16.3 Å². The Morgan fingerprint density at radius 3 is 2.76 bits per heavy atom. The highest BCUT2D eigenvalue weighted by atomic mass is 79.9. The molecule has 3 N–H and O–H groups in total. The molecule has 2 aromatic rings. The Kier molecular flexibility index (Phi) is 4.69. The minimum absolute atomic E-state index is 0.185. The maximum absolute atomic E-state index is 13.2. The summed E-state index contributed by atoms with van der Waals surface area (Å²) in [6.07, 6.45) is 0. The SMILES string of the molecule is COC(=O)c1cccc(Nc2c(Cl)cc(F)cc2Br)c1N. The van der Waals surface area contributed by atoms with E-state index in [2.05, 4.69) is 26.0 Å². The maximum atomic E-state index is 13.2. The number of nitrogens with one attached hydrogen (secondary N) is 1. The van der Waals surface area contributed by atoms with Gasteiger partial charge in [0.25, 0.3) is 0 Å². The van der Waals surface area contributed by atoms with Crippen LogP contribution in [0, 0.1) is 5.82 Å². The number of esters is 1. The summed E-state index contributed by atoms with van der Waals surface area (Å²) in [5.41, 5.74) is 7.31. The van der Waals surface area contributed by atoms with Gasteiger partial charge in [0.15, 0.2) is 0 Å². The van der Waals surface area contributed by atoms with E-state index in [0.717, 1.165) is 0 Å². The zero-order valence-corrected chi connectivity index (χ0v) is 13.3. The lowest BCUT2D eigenvalue weighted by atomic mass is 10.1. The third kappa shape index (κ3) is 3.28. The number of carbonyl (C=O) groups is 1. The number of rotatable bonds is 3. The quantitative estimate of drug-likeness (QED) is 0.620. The largest absolute Gasteiger partial charge is 0.465 e. The predicted molar refractivity (Wildman–Crippen MR) is 84.6 cm³/mol. The predicted octanol–water partition coefficient (Wildman–Crippen LogP) is 4.35. The summed E-state index contributed by atoms with van der Waals surface area (Å²) >= 11 is 9.22. The van der Waals surface area contributed by atoms with Crippen LogP contribution in [0.2, 0.25) is 5.02 Å². The summed E-state index contributed by atoms with van der Waals surface area (Å²) in [6.45, 7) is 0. The van der Waals surface area contributed by atoms with Gasteiger partial charge in [0.05, 0.1) is 34.8 Å². The van der Waals surface area contributed by atoms with E-state index < -0.39 is 11.8 Å². The molecule has 0 bridgehead atoms. The number of methoxy groups -OCH3 is 1. The zero-order valence-electron chi connectivity index (χ0n) is 10.9. The molecule has 0 fully saturated rings. The minimum Gasteiger partial charge on any atom is -0.465 e. The van der Waals surface area contributed by atoms with Crippen LogP contribution in [0.15, 0.2) is 34.8 Å². The first-order valence-electron chi connectivity index (χ1n) is 5.82. The summed E-state index contributed by atoms with van der Waals surface area (Å²) in [7, 11) is 1.27. The number of ether oxygens (including phenoxy) is 1. The Hall–Kier alpha value is -1.79. The zero-order chi connectivity index (χ0) is 15.6. The van der Waals surface area contributed by atoms with Crippen molar-refractivity contribution in [2.75, 3.05) is 18.2 Å². The highest BCUT2D eigenvalue weighted by Gasteiger charge is 2.15. The van der Waals surface area contributed by atoms with Crippen LogP contribution in [-0.2, 0) is 4.74 Å². The molecule has 2 rings (SSSR count). The van der Waals surface area contributed by atoms with E-state index in [1.54, 1.807) is 18.2 Å². The van der Waals surface area contributed by atoms with E-state index in [1.807, 2.05) is 0 Å². The summed E-state index contributed by atoms with van der Waals surface area (Å²) in [5, 5.41) is 3.16. The van der Waals surface area contributed by atoms with E-state index in [0.29, 0.717) is 15.8 Å². The molecule has 4 nitrogen and oxygen atoms in total. The molecular formula is C14H11BrClFN2O2. The average molecular weight is 374 g/mol. The van der Waals surface area contributed by atoms with Crippen LogP contribution >= 0.6 is 27.5 Å². The number of carbonyl (C=O) groups excluding carboxylic acids is 1. The molecule has 0 saturated carbocycles. The molecule has 0 aromatic heterocycles. The van der Waals surface area contributed by atoms with E-state index in [9.17, 15) is 9.18 Å². The molecule has 0 heterocycles. The number of benzene rings is 2. The molecule has 21 heavy (non-hydrogen) atoms. The lowest BCUT2D eigenvalue weighted by Crippen LogP contribution is -2.08. The van der Waals surface area contributed by atoms with Gasteiger partial charge < -0.3 is 15.8 Å². The third-order valence-electron chi connectivity index (χ3n) is 2.78. The van der Waals surface area contributed by atoms with Crippen molar-refractivity contribution in [2.24, 2.45) is 0 Å². The Morgan fingerprint density at radius 2 is 2.14 bits per heavy atom. The molecule has 0 amide bonds. The van der Waals surface area contributed by atoms with Gasteiger partial charge in [0, 0.05) is 4.47 Å². The van der Waals surface area contributed by atoms with Crippen molar-refractivity contribution < 1.29 is 13.9 Å². The van der Waals surface area contributed by atoms with Crippen molar-refractivity contribution in [3.63, 3.8) is 0 Å². The van der Waals surface area contributed by atoms with Crippen molar-refractivity contribution in [1.82, 2.24) is 0 Å². The molecule has 7 heteroatoms. The number of para-hydroxylation sites is 1. The molecule has 0 aliphatic carbocycles. The first-order chi connectivity index (χ1) is 9.93. The highest BCUT2D eigenvalue weighted by Crippen LogP contribution is 2.36. The van der Waals surface area contributed by atoms with Crippen LogP contribution in [-0.4, -0.2) is 13.1 Å². The van der Waals surface area contributed by atoms with Crippen LogP contribution in [0.3, 0.4) is 0 Å². The Morgan fingerprint density at radius 1 is 1.43 bits per heavy atom. The third-order valence-corrected chi connectivity index (χ3v) is 3.70. The standard InChI is InChI=1S/C14H11BrClFN2O2/c1-21-14(20)8-3-2-4-11(12(8)18)19-13-9(15)5-7(17)6-10(13)16/h2-6,19H,18H2,1H3. The second-order valence-corrected chi connectivity index (χ2v) is 5.39. The lowest BCUT2D eigenvalue weighted by molar-refractivity contribution is 0.0602. The van der Waals surface area contributed by atoms with Gasteiger partial charge >= 0.3 is 5.97 Å². The first kappa shape index (κ1) is 15.6. The van der Waals surface area contributed by atoms with E-state index >= 15 is 0 Å². The molecule has 0 spiro atoms. The van der Waals surface area contributed by atoms with Gasteiger partial charge in [-0.2, -0.15) is 0 Å². The first-order valence-corrected chi connectivity index (χ1v) is 6.99. The fourth-order valence-corrected chi connectivity index (χ4v) is 2.66. The van der Waals surface area contributed by atoms with E-state index in [4.69, 9.17) is 17.3 Å². The molecule has 110 valence electrons. The molecule has 0 radical (unpaired) electrons. The van der Waals surface area contributed by atoms with Crippen LogP contribution in [0.1, 0.15) is 10.4 Å². The lowest BCUT2D eigenvalue weighted by Gasteiger charge is -2.14. The molecule has 0 unspecified atom stereocenters. The number of nitrogen functional groups attached to an aromatic ring is 1. The van der Waals surface area contributed by atoms with Gasteiger partial charge in [0.1, 0.15) is 5.82 Å². The van der Waals surface area contributed by atoms with Gasteiger partial charge in [-0.05, 0) is 40.2 Å². The summed E-state index contributed by atoms with van der Waals surface area (Å²) in [5.74, 6) is -1.01. The molecular weight excluding hydrogens is 363 g/mol. The topological polar surface area (TPSA) is 64.3 Å². The fraction of sp³-hybridized carbons (Fsp3) is 0.0714. The second kappa shape index (κ2) is 6.32. The summed E-state index contributed by atoms with van der Waals surface area (Å²) < 4.78 is 18.3. The fourth-order valence-electron chi connectivity index (χ4n) is 1.76. The van der Waals surface area contributed by atoms with Crippen LogP contribution in [0.25, 0.3) is 0 Å². The molecule has 0 saturated heterocycles. The highest BCUT2D eigenvalue weighted by molar-refractivity contribution is 9.10. The van der Waals surface area contributed by atoms with Crippen molar-refractivity contribution in [1.29, 1.82) is 0 Å². The minimum atomic E-state index is -0.541. The van der Waals surface area contributed by atoms with Gasteiger partial charge in [-0.15, -0.1) is 0 Å². The van der Waals surface area contributed by atoms with Crippen LogP contribution in [0.5, 0.6) is 0 Å². The Bertz CT molecular complexity index is 686. The molecule has 0 atom stereocenters. The second-order valence-electron chi connectivity index (χ2n) is 4.13. The van der Waals surface area contributed by atoms with Crippen LogP contribution < -0.4 is 11.1 Å². The van der Waals surface area contributed by atoms with Gasteiger partial charge in [-0.1, -0.05) is 17.7 Å². The van der Waals surface area contributed by atoms with Gasteiger partial charge in [0.2, 0.25) is 0 Å².